The summed E-state index contributed by atoms with van der Waals surface area (Å²) < 4.78 is 0. The summed E-state index contributed by atoms with van der Waals surface area (Å²) in [6, 6.07) is 3.56. The molecule has 0 spiro atoms. The van der Waals surface area contributed by atoms with Crippen LogP contribution in [0.15, 0.2) is 18.2 Å². The minimum Gasteiger partial charge on any atom is -0.387 e. The van der Waals surface area contributed by atoms with Crippen LogP contribution in [0.5, 0.6) is 0 Å². The zero-order valence-corrected chi connectivity index (χ0v) is 11.6. The van der Waals surface area contributed by atoms with Crippen molar-refractivity contribution in [2.24, 2.45) is 0 Å². The fourth-order valence-electron chi connectivity index (χ4n) is 2.73. The number of carbonyl (C=O) groups is 4. The number of aliphatic hydroxyl groups is 1. The summed E-state index contributed by atoms with van der Waals surface area (Å²) in [5.74, 6) is -2.82. The molecule has 0 bridgehead atoms. The monoisotopic (exact) mass is 303 g/mol. The van der Waals surface area contributed by atoms with Gasteiger partial charge < -0.3 is 10.4 Å². The van der Waals surface area contributed by atoms with Crippen LogP contribution in [0.25, 0.3) is 0 Å². The number of rotatable bonds is 2. The van der Waals surface area contributed by atoms with E-state index in [4.69, 9.17) is 0 Å². The topological polar surface area (TPSA) is 116 Å². The molecule has 0 radical (unpaired) electrons. The number of nitrogens with zero attached hydrogens (tertiary/aromatic N) is 1. The van der Waals surface area contributed by atoms with Gasteiger partial charge in [0.1, 0.15) is 12.1 Å². The zero-order chi connectivity index (χ0) is 16.0. The molecule has 0 aliphatic carbocycles. The van der Waals surface area contributed by atoms with E-state index in [1.54, 1.807) is 19.2 Å². The highest BCUT2D eigenvalue weighted by Gasteiger charge is 2.47. The van der Waals surface area contributed by atoms with Gasteiger partial charge in [-0.05, 0) is 12.1 Å². The number of fused-ring (bicyclic) bond motifs is 1. The third-order valence-corrected chi connectivity index (χ3v) is 3.83. The number of benzene rings is 1. The van der Waals surface area contributed by atoms with Crippen LogP contribution in [-0.4, -0.2) is 52.8 Å². The average molecular weight is 303 g/mol. The van der Waals surface area contributed by atoms with Gasteiger partial charge in [-0.2, -0.15) is 0 Å². The normalized spacial score (nSPS) is 24.4. The molecule has 3 rings (SSSR count). The van der Waals surface area contributed by atoms with Crippen molar-refractivity contribution in [2.75, 3.05) is 12.4 Å². The van der Waals surface area contributed by atoms with E-state index in [1.807, 2.05) is 5.32 Å². The third kappa shape index (κ3) is 1.88. The predicted molar refractivity (Wildman–Crippen MR) is 74.1 cm³/mol. The van der Waals surface area contributed by atoms with Crippen LogP contribution in [0.3, 0.4) is 0 Å². The highest BCUT2D eigenvalue weighted by molar-refractivity contribution is 6.25. The molecule has 1 aromatic rings. The van der Waals surface area contributed by atoms with Crippen molar-refractivity contribution in [1.82, 2.24) is 10.2 Å². The molecule has 2 unspecified atom stereocenters. The molecule has 8 heteroatoms. The van der Waals surface area contributed by atoms with E-state index in [0.717, 1.165) is 4.90 Å². The van der Waals surface area contributed by atoms with Crippen LogP contribution >= 0.6 is 0 Å². The average Bonchev–Trinajstić information content (AvgIpc) is 2.75. The lowest BCUT2D eigenvalue weighted by atomic mass is 10.0. The predicted octanol–water partition coefficient (Wildman–Crippen LogP) is -0.900. The molecule has 2 aliphatic rings. The molecule has 1 saturated heterocycles. The van der Waals surface area contributed by atoms with E-state index >= 15 is 0 Å². The van der Waals surface area contributed by atoms with Crippen molar-refractivity contribution >= 4 is 29.3 Å². The Balaban J connectivity index is 2.01. The van der Waals surface area contributed by atoms with Crippen molar-refractivity contribution in [3.63, 3.8) is 0 Å². The highest BCUT2D eigenvalue weighted by atomic mass is 16.3. The first-order chi connectivity index (χ1) is 10.5. The molecule has 0 saturated carbocycles. The van der Waals surface area contributed by atoms with Gasteiger partial charge in [0.25, 0.3) is 17.7 Å². The molecule has 2 aliphatic heterocycles. The van der Waals surface area contributed by atoms with Gasteiger partial charge in [0.2, 0.25) is 5.91 Å². The second-order valence-corrected chi connectivity index (χ2v) is 5.08. The Morgan fingerprint density at radius 3 is 2.59 bits per heavy atom. The fraction of sp³-hybridized carbons (Fsp3) is 0.286. The highest BCUT2D eigenvalue weighted by Crippen LogP contribution is 2.32. The fourth-order valence-corrected chi connectivity index (χ4v) is 2.73. The van der Waals surface area contributed by atoms with Gasteiger partial charge in [-0.1, -0.05) is 6.07 Å². The molecule has 2 atom stereocenters. The van der Waals surface area contributed by atoms with Crippen molar-refractivity contribution in [3.8, 4) is 0 Å². The molecule has 1 aromatic carbocycles. The number of aliphatic hydroxyl groups excluding tert-OH is 1. The Labute approximate surface area is 125 Å². The Morgan fingerprint density at radius 1 is 1.18 bits per heavy atom. The molecule has 3 N–H and O–H groups in total. The van der Waals surface area contributed by atoms with Crippen LogP contribution in [0, 0.1) is 0 Å². The van der Waals surface area contributed by atoms with Crippen molar-refractivity contribution in [2.45, 2.75) is 18.6 Å². The lowest BCUT2D eigenvalue weighted by molar-refractivity contribution is -0.143. The zero-order valence-electron chi connectivity index (χ0n) is 11.6. The van der Waals surface area contributed by atoms with Gasteiger partial charge in [-0.3, -0.25) is 29.4 Å². The second-order valence-electron chi connectivity index (χ2n) is 5.08. The number of anilines is 1. The van der Waals surface area contributed by atoms with Gasteiger partial charge in [0.15, 0.2) is 0 Å². The summed E-state index contributed by atoms with van der Waals surface area (Å²) >= 11 is 0. The number of nitrogens with one attached hydrogen (secondary N) is 2. The van der Waals surface area contributed by atoms with Crippen molar-refractivity contribution in [1.29, 1.82) is 0 Å². The molecule has 2 heterocycles. The molecule has 4 amide bonds. The Bertz CT molecular complexity index is 714. The number of imide groups is 2. The van der Waals surface area contributed by atoms with E-state index in [-0.39, 0.29) is 17.5 Å². The maximum Gasteiger partial charge on any atom is 0.264 e. The van der Waals surface area contributed by atoms with E-state index in [9.17, 15) is 24.3 Å². The summed E-state index contributed by atoms with van der Waals surface area (Å²) in [7, 11) is 1.62. The third-order valence-electron chi connectivity index (χ3n) is 3.83. The van der Waals surface area contributed by atoms with Gasteiger partial charge in [-0.25, -0.2) is 0 Å². The van der Waals surface area contributed by atoms with Crippen LogP contribution < -0.4 is 10.6 Å². The number of hydrogen-bond acceptors (Lipinski definition) is 6. The minimum atomic E-state index is -1.43. The number of hydrogen-bond donors (Lipinski definition) is 3. The number of carbonyl (C=O) groups excluding carboxylic acids is 4. The summed E-state index contributed by atoms with van der Waals surface area (Å²) in [6.07, 6.45) is -1.74. The molecule has 8 nitrogen and oxygen atoms in total. The van der Waals surface area contributed by atoms with Gasteiger partial charge >= 0.3 is 0 Å². The lowest BCUT2D eigenvalue weighted by Crippen LogP contribution is -2.58. The summed E-state index contributed by atoms with van der Waals surface area (Å²) in [5, 5.41) is 14.4. The Hall–Kier alpha value is -2.74. The van der Waals surface area contributed by atoms with E-state index in [1.165, 1.54) is 6.07 Å². The standard InChI is InChI=1S/C14H13N3O5/c1-15-7-4-2-3-6-10(7)14(22)17(13(6)21)8-5-9(18)12(20)16-11(8)19/h2-4,8-9,15,18H,5H2,1H3,(H,16,19,20). The SMILES string of the molecule is CNc1cccc2c1C(=O)N(C1CC(O)C(=O)NC1=O)C2=O. The Kier molecular flexibility index (Phi) is 3.18. The van der Waals surface area contributed by atoms with Gasteiger partial charge in [-0.15, -0.1) is 0 Å². The summed E-state index contributed by atoms with van der Waals surface area (Å²) in [4.78, 5) is 49.0. The second kappa shape index (κ2) is 4.92. The summed E-state index contributed by atoms with van der Waals surface area (Å²) in [6.45, 7) is 0. The van der Waals surface area contributed by atoms with E-state index < -0.39 is 35.8 Å². The van der Waals surface area contributed by atoms with E-state index in [0.29, 0.717) is 5.69 Å². The first kappa shape index (κ1) is 14.2. The molecular weight excluding hydrogens is 290 g/mol. The van der Waals surface area contributed by atoms with Crippen LogP contribution in [0.1, 0.15) is 27.1 Å². The quantitative estimate of drug-likeness (QED) is 0.610. The largest absolute Gasteiger partial charge is 0.387 e. The first-order valence-electron chi connectivity index (χ1n) is 6.67. The maximum absolute atomic E-state index is 12.5. The molecule has 0 aromatic heterocycles. The van der Waals surface area contributed by atoms with Crippen molar-refractivity contribution < 1.29 is 24.3 Å². The van der Waals surface area contributed by atoms with Crippen molar-refractivity contribution in [3.05, 3.63) is 29.3 Å². The smallest absolute Gasteiger partial charge is 0.264 e. The molecule has 22 heavy (non-hydrogen) atoms. The van der Waals surface area contributed by atoms with Crippen LogP contribution in [-0.2, 0) is 9.59 Å². The number of amides is 4. The van der Waals surface area contributed by atoms with Crippen LogP contribution in [0.2, 0.25) is 0 Å². The van der Waals surface area contributed by atoms with Gasteiger partial charge in [0, 0.05) is 19.2 Å². The first-order valence-corrected chi connectivity index (χ1v) is 6.67. The van der Waals surface area contributed by atoms with Gasteiger partial charge in [0.05, 0.1) is 11.1 Å². The molecule has 114 valence electrons. The molecule has 1 fully saturated rings. The Morgan fingerprint density at radius 2 is 1.91 bits per heavy atom. The maximum atomic E-state index is 12.5. The minimum absolute atomic E-state index is 0.189. The molecular formula is C14H13N3O5. The van der Waals surface area contributed by atoms with E-state index in [2.05, 4.69) is 5.32 Å². The summed E-state index contributed by atoms with van der Waals surface area (Å²) in [5.41, 5.74) is 0.858. The number of piperidine rings is 1. The van der Waals surface area contributed by atoms with Crippen LogP contribution in [0.4, 0.5) is 5.69 Å². The lowest BCUT2D eigenvalue weighted by Gasteiger charge is -2.30.